The summed E-state index contributed by atoms with van der Waals surface area (Å²) in [5, 5.41) is 0. The third-order valence-electron chi connectivity index (χ3n) is 3.65. The summed E-state index contributed by atoms with van der Waals surface area (Å²) in [5.41, 5.74) is 0.692. The number of benzene rings is 1. The van der Waals surface area contributed by atoms with E-state index in [-0.39, 0.29) is 12.5 Å². The van der Waals surface area contributed by atoms with Gasteiger partial charge in [0.2, 0.25) is 0 Å². The van der Waals surface area contributed by atoms with E-state index in [0.717, 1.165) is 24.6 Å². The number of unbranched alkanes of at least 4 members (excludes halogenated alkanes) is 1. The average Bonchev–Trinajstić information content (AvgIpc) is 2.89. The summed E-state index contributed by atoms with van der Waals surface area (Å²) in [6.07, 6.45) is 3.40. The number of carbonyl (C=O) groups excluding carboxylic acids is 2. The van der Waals surface area contributed by atoms with Crippen LogP contribution in [0.1, 0.15) is 25.3 Å². The van der Waals surface area contributed by atoms with Crippen molar-refractivity contribution in [1.29, 1.82) is 0 Å². The fraction of sp³-hybridized carbons (Fsp3) is 0.389. The minimum atomic E-state index is -0.463. The Balaban J connectivity index is 2.15. The predicted molar refractivity (Wildman–Crippen MR) is 105 cm³/mol. The van der Waals surface area contributed by atoms with Gasteiger partial charge in [0.15, 0.2) is 0 Å². The number of esters is 1. The first-order valence-corrected chi connectivity index (χ1v) is 9.35. The van der Waals surface area contributed by atoms with Crippen LogP contribution in [0.2, 0.25) is 0 Å². The van der Waals surface area contributed by atoms with Gasteiger partial charge in [-0.15, -0.1) is 0 Å². The smallest absolute Gasteiger partial charge is 0.326 e. The van der Waals surface area contributed by atoms with Gasteiger partial charge in [-0.25, -0.2) is 0 Å². The molecule has 0 spiro atoms. The minimum absolute atomic E-state index is 0.180. The van der Waals surface area contributed by atoms with E-state index in [9.17, 15) is 9.59 Å². The highest BCUT2D eigenvalue weighted by atomic mass is 32.2. The van der Waals surface area contributed by atoms with Crippen molar-refractivity contribution < 1.29 is 23.8 Å². The molecule has 0 atom stereocenters. The zero-order valence-electron chi connectivity index (χ0n) is 14.9. The first-order chi connectivity index (χ1) is 12.5. The molecule has 1 heterocycles. The number of nitrogens with zero attached hydrogens (tertiary/aromatic N) is 1. The van der Waals surface area contributed by atoms with E-state index in [1.54, 1.807) is 38.5 Å². The third-order valence-corrected chi connectivity index (χ3v) is 5.02. The van der Waals surface area contributed by atoms with Crippen LogP contribution in [0.4, 0.5) is 0 Å². The topological polar surface area (TPSA) is 65.1 Å². The quantitative estimate of drug-likeness (QED) is 0.290. The van der Waals surface area contributed by atoms with E-state index < -0.39 is 5.97 Å². The van der Waals surface area contributed by atoms with Crippen molar-refractivity contribution in [2.45, 2.75) is 19.8 Å². The van der Waals surface area contributed by atoms with Gasteiger partial charge >= 0.3 is 5.97 Å². The van der Waals surface area contributed by atoms with Gasteiger partial charge in [-0.05, 0) is 30.7 Å². The molecule has 0 bridgehead atoms. The van der Waals surface area contributed by atoms with Gasteiger partial charge < -0.3 is 14.2 Å². The summed E-state index contributed by atoms with van der Waals surface area (Å²) < 4.78 is 16.0. The average molecular weight is 396 g/mol. The molecule has 0 unspecified atom stereocenters. The molecule has 1 aromatic rings. The van der Waals surface area contributed by atoms with Gasteiger partial charge in [-0.1, -0.05) is 37.3 Å². The van der Waals surface area contributed by atoms with Crippen LogP contribution in [0.3, 0.4) is 0 Å². The number of ether oxygens (including phenoxy) is 3. The Hall–Kier alpha value is -2.06. The van der Waals surface area contributed by atoms with Crippen LogP contribution in [0.15, 0.2) is 23.1 Å². The van der Waals surface area contributed by atoms with Crippen LogP contribution in [-0.2, 0) is 14.3 Å². The van der Waals surface area contributed by atoms with Gasteiger partial charge in [0.05, 0.1) is 25.7 Å². The molecule has 1 fully saturated rings. The van der Waals surface area contributed by atoms with E-state index in [2.05, 4.69) is 0 Å². The lowest BCUT2D eigenvalue weighted by Crippen LogP contribution is -2.34. The Kier molecular flexibility index (Phi) is 7.47. The van der Waals surface area contributed by atoms with Gasteiger partial charge in [0.1, 0.15) is 22.4 Å². The Bertz CT molecular complexity index is 732. The number of hydrogen-bond acceptors (Lipinski definition) is 7. The summed E-state index contributed by atoms with van der Waals surface area (Å²) in [7, 11) is 3.12. The van der Waals surface area contributed by atoms with Crippen molar-refractivity contribution in [2.24, 2.45) is 0 Å². The van der Waals surface area contributed by atoms with E-state index in [1.807, 2.05) is 6.92 Å². The van der Waals surface area contributed by atoms with Crippen molar-refractivity contribution in [3.63, 3.8) is 0 Å². The van der Waals surface area contributed by atoms with Gasteiger partial charge in [0.25, 0.3) is 5.91 Å². The fourth-order valence-electron chi connectivity index (χ4n) is 2.23. The molecular formula is C18H21NO5S2. The largest absolute Gasteiger partial charge is 0.497 e. The summed E-state index contributed by atoms with van der Waals surface area (Å²) in [5.74, 6) is 0.467. The highest BCUT2D eigenvalue weighted by Crippen LogP contribution is 2.35. The second-order valence-corrected chi connectivity index (χ2v) is 7.13. The minimum Gasteiger partial charge on any atom is -0.497 e. The van der Waals surface area contributed by atoms with E-state index >= 15 is 0 Å². The van der Waals surface area contributed by atoms with Crippen LogP contribution >= 0.6 is 24.0 Å². The second kappa shape index (κ2) is 9.59. The van der Waals surface area contributed by atoms with Crippen molar-refractivity contribution in [3.05, 3.63) is 28.7 Å². The van der Waals surface area contributed by atoms with Crippen LogP contribution < -0.4 is 9.47 Å². The third kappa shape index (κ3) is 4.98. The Morgan fingerprint density at radius 2 is 2.08 bits per heavy atom. The van der Waals surface area contributed by atoms with Crippen molar-refractivity contribution in [3.8, 4) is 11.5 Å². The predicted octanol–water partition coefficient (Wildman–Crippen LogP) is 3.25. The number of amides is 1. The Morgan fingerprint density at radius 1 is 1.31 bits per heavy atom. The highest BCUT2D eigenvalue weighted by Gasteiger charge is 2.34. The number of thiocarbonyl (C=S) groups is 1. The fourth-order valence-corrected chi connectivity index (χ4v) is 3.48. The maximum absolute atomic E-state index is 12.6. The summed E-state index contributed by atoms with van der Waals surface area (Å²) in [6.45, 7) is 2.18. The lowest BCUT2D eigenvalue weighted by atomic mass is 10.1. The molecule has 1 aromatic carbocycles. The van der Waals surface area contributed by atoms with E-state index in [4.69, 9.17) is 26.4 Å². The summed E-state index contributed by atoms with van der Waals surface area (Å²) in [6, 6.07) is 5.30. The van der Waals surface area contributed by atoms with Gasteiger partial charge in [-0.2, -0.15) is 0 Å². The molecule has 1 saturated heterocycles. The van der Waals surface area contributed by atoms with Crippen molar-refractivity contribution >= 4 is 46.3 Å². The van der Waals surface area contributed by atoms with Crippen molar-refractivity contribution in [1.82, 2.24) is 4.90 Å². The maximum atomic E-state index is 12.6. The van der Waals surface area contributed by atoms with Gasteiger partial charge in [0, 0.05) is 5.56 Å². The summed E-state index contributed by atoms with van der Waals surface area (Å²) >= 11 is 6.38. The molecule has 1 amide bonds. The van der Waals surface area contributed by atoms with Crippen molar-refractivity contribution in [2.75, 3.05) is 27.4 Å². The molecule has 0 saturated carbocycles. The zero-order valence-corrected chi connectivity index (χ0v) is 16.6. The SMILES string of the molecule is CCCCOC(=O)CN1C(=O)/C(=C/c2cc(OC)ccc2OC)SC1=S. The molecule has 0 aliphatic carbocycles. The first kappa shape index (κ1) is 20.3. The number of thioether (sulfide) groups is 1. The Morgan fingerprint density at radius 3 is 2.73 bits per heavy atom. The molecule has 1 aliphatic heterocycles. The van der Waals surface area contributed by atoms with E-state index in [0.29, 0.717) is 32.9 Å². The number of methoxy groups -OCH3 is 2. The molecule has 0 N–H and O–H groups in total. The van der Waals surface area contributed by atoms with Crippen LogP contribution in [0.5, 0.6) is 11.5 Å². The molecule has 26 heavy (non-hydrogen) atoms. The normalized spacial score (nSPS) is 15.5. The molecule has 2 rings (SSSR count). The number of rotatable bonds is 8. The van der Waals surface area contributed by atoms with E-state index in [1.165, 1.54) is 4.90 Å². The molecule has 6 nitrogen and oxygen atoms in total. The highest BCUT2D eigenvalue weighted by molar-refractivity contribution is 8.26. The maximum Gasteiger partial charge on any atom is 0.326 e. The Labute approximate surface area is 162 Å². The molecule has 140 valence electrons. The lowest BCUT2D eigenvalue weighted by molar-refractivity contribution is -0.146. The lowest BCUT2D eigenvalue weighted by Gasteiger charge is -2.13. The van der Waals surface area contributed by atoms with Gasteiger partial charge in [-0.3, -0.25) is 14.5 Å². The summed E-state index contributed by atoms with van der Waals surface area (Å²) in [4.78, 5) is 26.2. The standard InChI is InChI=1S/C18H21NO5S2/c1-4-5-8-24-16(20)11-19-17(21)15(26-18(19)25)10-12-9-13(22-2)6-7-14(12)23-3/h6-7,9-10H,4-5,8,11H2,1-3H3/b15-10-. The van der Waals surface area contributed by atoms with Crippen LogP contribution in [0.25, 0.3) is 6.08 Å². The molecule has 0 radical (unpaired) electrons. The molecule has 8 heteroatoms. The first-order valence-electron chi connectivity index (χ1n) is 8.13. The number of carbonyl (C=O) groups is 2. The van der Waals surface area contributed by atoms with Crippen LogP contribution in [0, 0.1) is 0 Å². The molecule has 1 aliphatic rings. The zero-order chi connectivity index (χ0) is 19.1. The second-order valence-electron chi connectivity index (χ2n) is 5.45. The molecule has 0 aromatic heterocycles. The number of hydrogen-bond donors (Lipinski definition) is 0. The monoisotopic (exact) mass is 395 g/mol. The van der Waals surface area contributed by atoms with Crippen LogP contribution in [-0.4, -0.2) is 48.5 Å². The molecular weight excluding hydrogens is 374 g/mol.